The molecule has 2 N–H and O–H groups in total. The summed E-state index contributed by atoms with van der Waals surface area (Å²) in [6, 6.07) is 26.7. The molecule has 1 saturated carbocycles. The van der Waals surface area contributed by atoms with Gasteiger partial charge in [0.2, 0.25) is 21.8 Å². The van der Waals surface area contributed by atoms with Crippen LogP contribution in [0, 0.1) is 32.1 Å². The molecule has 364 valence electrons. The molecule has 3 atom stereocenters. The number of hydrogen-bond acceptors (Lipinski definition) is 8. The number of terminal acetylenes is 1. The van der Waals surface area contributed by atoms with E-state index < -0.39 is 30.4 Å². The first kappa shape index (κ1) is 58.1. The first-order chi connectivity index (χ1) is 31.1. The lowest BCUT2D eigenvalue weighted by Gasteiger charge is -2.26. The molecule has 0 aromatic heterocycles. The number of carbonyl (C=O) groups is 4. The van der Waals surface area contributed by atoms with Crippen molar-refractivity contribution in [3.05, 3.63) is 130 Å². The van der Waals surface area contributed by atoms with Crippen molar-refractivity contribution in [2.75, 3.05) is 20.1 Å². The molecule has 0 bridgehead atoms. The van der Waals surface area contributed by atoms with E-state index in [9.17, 15) is 36.0 Å². The predicted molar refractivity (Wildman–Crippen MR) is 269 cm³/mol. The Balaban J connectivity index is 0.000000377. The standard InChI is InChI=1S/C25H29N3O4S.C15H21NO.C7H4Cl2O3S.C3H8.CH4/c1-5-15-27(4)33(31,32)22-9-6-8-21(17-22)25(30)28-16-7-10-23(28)24(29)26-19(3)20-13-11-18(2)12-14-20;1-11-7-9-13(10-8-11)12(2)16-15(17)14-5-3-4-6-14;8-7(10)5-2-1-3-6(4-5)13(9,11)12;1-3-2;/h1,6,8-9,11-14,17,19,23H,7,10,15-16H2,2-4H3,(H,26,29);7-10,12,14H,3-6H2,1-2H3,(H,16,17);1-4H;3H2,1-2H3;1H4/t19-,23-;12-;;;/m11.../s1. The lowest BCUT2D eigenvalue weighted by atomic mass is 10.0. The van der Waals surface area contributed by atoms with E-state index in [0.717, 1.165) is 34.3 Å². The summed E-state index contributed by atoms with van der Waals surface area (Å²) in [5.74, 6) is 2.20. The van der Waals surface area contributed by atoms with E-state index in [1.807, 2.05) is 38.1 Å². The molecule has 2 fully saturated rings. The summed E-state index contributed by atoms with van der Waals surface area (Å²) in [4.78, 5) is 50.2. The maximum absolute atomic E-state index is 13.2. The van der Waals surface area contributed by atoms with Crippen LogP contribution >= 0.6 is 22.3 Å². The van der Waals surface area contributed by atoms with Gasteiger partial charge < -0.3 is 15.5 Å². The van der Waals surface area contributed by atoms with Gasteiger partial charge in [0, 0.05) is 41.3 Å². The Morgan fingerprint density at radius 1 is 0.746 bits per heavy atom. The maximum atomic E-state index is 13.2. The first-order valence-corrected chi connectivity index (χ1v) is 26.1. The molecular weight excluding hydrogens is 932 g/mol. The number of hydrogen-bond donors (Lipinski definition) is 2. The minimum atomic E-state index is -3.82. The van der Waals surface area contributed by atoms with Crippen LogP contribution in [0.2, 0.25) is 0 Å². The first-order valence-electron chi connectivity index (χ1n) is 21.9. The van der Waals surface area contributed by atoms with E-state index in [0.29, 0.717) is 19.4 Å². The molecule has 1 aliphatic carbocycles. The second kappa shape index (κ2) is 27.7. The summed E-state index contributed by atoms with van der Waals surface area (Å²) < 4.78 is 48.1. The fraction of sp³-hybridized carbons (Fsp3) is 0.412. The molecule has 1 aliphatic heterocycles. The van der Waals surface area contributed by atoms with E-state index in [-0.39, 0.29) is 70.6 Å². The number of nitrogens with zero attached hydrogens (tertiary/aromatic N) is 2. The van der Waals surface area contributed by atoms with E-state index in [1.165, 1.54) is 78.7 Å². The van der Waals surface area contributed by atoms with Gasteiger partial charge in [-0.1, -0.05) is 124 Å². The Bertz CT molecular complexity index is 2520. The number of amides is 3. The zero-order valence-corrected chi connectivity index (χ0v) is 41.9. The van der Waals surface area contributed by atoms with Crippen molar-refractivity contribution in [2.45, 2.75) is 122 Å². The highest BCUT2D eigenvalue weighted by Crippen LogP contribution is 2.27. The fourth-order valence-corrected chi connectivity index (χ4v) is 9.15. The van der Waals surface area contributed by atoms with Gasteiger partial charge in [-0.25, -0.2) is 16.8 Å². The van der Waals surface area contributed by atoms with Crippen LogP contribution in [0.1, 0.15) is 135 Å². The van der Waals surface area contributed by atoms with Gasteiger partial charge in [-0.3, -0.25) is 19.2 Å². The highest BCUT2D eigenvalue weighted by Gasteiger charge is 2.35. The van der Waals surface area contributed by atoms with Gasteiger partial charge in [-0.15, -0.1) is 6.42 Å². The largest absolute Gasteiger partial charge is 0.349 e. The predicted octanol–water partition coefficient (Wildman–Crippen LogP) is 10.1. The number of nitrogens with one attached hydrogen (secondary N) is 2. The fourth-order valence-electron chi connectivity index (χ4n) is 7.11. The topological polar surface area (TPSA) is 167 Å². The van der Waals surface area contributed by atoms with E-state index in [1.54, 1.807) is 6.07 Å². The number of sulfonamides is 1. The van der Waals surface area contributed by atoms with Gasteiger partial charge in [0.15, 0.2) is 0 Å². The third-order valence-electron chi connectivity index (χ3n) is 10.9. The molecule has 4 aromatic carbocycles. The SMILES string of the molecule is C.C#CCN(C)S(=O)(=O)c1cccc(C(=O)N2CCC[C@@H]2C(=O)N[C@H](C)c2ccc(C)cc2)c1.CCC.Cc1ccc([C@@H](C)NC(=O)C2CCCC2)cc1.O=C(Cl)c1cccc(S(=O)(=O)Cl)c1. The number of likely N-dealkylation sites (tertiary alicyclic amines) is 1. The highest BCUT2D eigenvalue weighted by molar-refractivity contribution is 8.13. The van der Waals surface area contributed by atoms with E-state index >= 15 is 0 Å². The number of halogens is 2. The lowest BCUT2D eigenvalue weighted by Crippen LogP contribution is -2.46. The Hall–Kier alpha value is -5.04. The lowest BCUT2D eigenvalue weighted by molar-refractivity contribution is -0.126. The zero-order chi connectivity index (χ0) is 49.2. The second-order valence-corrected chi connectivity index (χ2v) is 21.3. The summed E-state index contributed by atoms with van der Waals surface area (Å²) in [5, 5.41) is 5.40. The van der Waals surface area contributed by atoms with Crippen LogP contribution < -0.4 is 10.6 Å². The van der Waals surface area contributed by atoms with Gasteiger partial charge in [0.1, 0.15) is 6.04 Å². The summed E-state index contributed by atoms with van der Waals surface area (Å²) >= 11 is 5.15. The van der Waals surface area contributed by atoms with Crippen LogP contribution in [-0.2, 0) is 28.7 Å². The minimum absolute atomic E-state index is 0. The molecule has 16 heteroatoms. The molecule has 3 amide bonds. The molecule has 4 aromatic rings. The number of rotatable bonds is 12. The van der Waals surface area contributed by atoms with Gasteiger partial charge >= 0.3 is 0 Å². The Morgan fingerprint density at radius 3 is 1.69 bits per heavy atom. The summed E-state index contributed by atoms with van der Waals surface area (Å²) in [7, 11) is -1.18. The van der Waals surface area contributed by atoms with Crippen LogP contribution in [0.5, 0.6) is 0 Å². The third-order valence-corrected chi connectivity index (χ3v) is 14.2. The van der Waals surface area contributed by atoms with Crippen molar-refractivity contribution in [1.82, 2.24) is 19.8 Å². The highest BCUT2D eigenvalue weighted by atomic mass is 35.7. The van der Waals surface area contributed by atoms with Gasteiger partial charge in [-0.2, -0.15) is 4.31 Å². The van der Waals surface area contributed by atoms with E-state index in [4.69, 9.17) is 28.7 Å². The molecule has 12 nitrogen and oxygen atoms in total. The van der Waals surface area contributed by atoms with Gasteiger partial charge in [-0.05, 0) is 106 Å². The maximum Gasteiger partial charge on any atom is 0.261 e. The summed E-state index contributed by atoms with van der Waals surface area (Å²) in [6.07, 6.45) is 12.3. The number of benzene rings is 4. The van der Waals surface area contributed by atoms with Gasteiger partial charge in [0.05, 0.1) is 28.4 Å². The average Bonchev–Trinajstić information content (AvgIpc) is 4.02. The quantitative estimate of drug-likeness (QED) is 0.105. The monoisotopic (exact) mass is 996 g/mol. The van der Waals surface area contributed by atoms with Crippen LogP contribution in [0.25, 0.3) is 0 Å². The zero-order valence-electron chi connectivity index (χ0n) is 38.7. The molecule has 6 rings (SSSR count). The van der Waals surface area contributed by atoms with Crippen LogP contribution in [0.15, 0.2) is 107 Å². The van der Waals surface area contributed by atoms with Crippen molar-refractivity contribution in [2.24, 2.45) is 5.92 Å². The molecule has 1 saturated heterocycles. The number of aryl methyl sites for hydroxylation is 2. The minimum Gasteiger partial charge on any atom is -0.349 e. The van der Waals surface area contributed by atoms with Crippen molar-refractivity contribution in [3.63, 3.8) is 0 Å². The van der Waals surface area contributed by atoms with Gasteiger partial charge in [0.25, 0.3) is 20.2 Å². The Labute approximate surface area is 408 Å². The molecule has 0 unspecified atom stereocenters. The van der Waals surface area contributed by atoms with Crippen molar-refractivity contribution in [1.29, 1.82) is 0 Å². The summed E-state index contributed by atoms with van der Waals surface area (Å²) in [6.45, 7) is 12.6. The van der Waals surface area contributed by atoms with Crippen molar-refractivity contribution >= 4 is 64.3 Å². The summed E-state index contributed by atoms with van der Waals surface area (Å²) in [5.41, 5.74) is 4.88. The molecule has 0 spiro atoms. The van der Waals surface area contributed by atoms with E-state index in [2.05, 4.69) is 68.5 Å². The second-order valence-electron chi connectivity index (χ2n) is 16.4. The average molecular weight is 998 g/mol. The Kier molecular flexibility index (Phi) is 24.0. The normalized spacial score (nSPS) is 15.4. The Morgan fingerprint density at radius 2 is 1.21 bits per heavy atom. The number of carbonyl (C=O) groups excluding carboxylic acids is 4. The molecule has 1 heterocycles. The van der Waals surface area contributed by atoms with Crippen LogP contribution in [0.3, 0.4) is 0 Å². The molecule has 2 aliphatic rings. The molecular formula is C51H66Cl2N4O8S2. The molecule has 67 heavy (non-hydrogen) atoms. The van der Waals surface area contributed by atoms with Crippen LogP contribution in [-0.4, -0.2) is 75.2 Å². The third kappa shape index (κ3) is 17.8. The molecule has 0 radical (unpaired) electrons. The van der Waals surface area contributed by atoms with Crippen molar-refractivity contribution in [3.8, 4) is 12.3 Å². The van der Waals surface area contributed by atoms with Crippen LogP contribution in [0.4, 0.5) is 0 Å². The smallest absolute Gasteiger partial charge is 0.261 e. The van der Waals surface area contributed by atoms with Crippen molar-refractivity contribution < 1.29 is 36.0 Å².